The minimum atomic E-state index is -3.93. The molecular weight excluding hydrogens is 560 g/mol. The predicted molar refractivity (Wildman–Crippen MR) is 157 cm³/mol. The molecule has 0 spiro atoms. The van der Waals surface area contributed by atoms with Crippen molar-refractivity contribution in [1.82, 2.24) is 0 Å². The highest BCUT2D eigenvalue weighted by Crippen LogP contribution is 2.37. The predicted octanol–water partition coefficient (Wildman–Crippen LogP) is 5.98. The van der Waals surface area contributed by atoms with Gasteiger partial charge >= 0.3 is 17.9 Å². The number of esters is 3. The van der Waals surface area contributed by atoms with Crippen molar-refractivity contribution in [3.8, 4) is 11.5 Å². The first-order valence-corrected chi connectivity index (χ1v) is 15.0. The number of carbonyl (C=O) groups is 4. The molecule has 9 nitrogen and oxygen atoms in total. The number of methoxy groups -OCH3 is 1. The molecule has 0 radical (unpaired) electrons. The van der Waals surface area contributed by atoms with Crippen molar-refractivity contribution in [1.29, 1.82) is 0 Å². The molecule has 42 heavy (non-hydrogen) atoms. The summed E-state index contributed by atoms with van der Waals surface area (Å²) in [5.41, 5.74) is -3.58. The second kappa shape index (κ2) is 12.4. The molecule has 0 aromatic heterocycles. The van der Waals surface area contributed by atoms with Crippen LogP contribution in [0.3, 0.4) is 0 Å². The molecule has 2 rings (SSSR count). The van der Waals surface area contributed by atoms with Crippen LogP contribution in [0.15, 0.2) is 58.3 Å². The van der Waals surface area contributed by atoms with Gasteiger partial charge in [-0.2, -0.15) is 0 Å². The molecule has 10 heteroatoms. The van der Waals surface area contributed by atoms with Gasteiger partial charge in [0.05, 0.1) is 33.1 Å². The van der Waals surface area contributed by atoms with Crippen LogP contribution in [0.1, 0.15) is 75.2 Å². The molecule has 0 N–H and O–H groups in total. The van der Waals surface area contributed by atoms with Gasteiger partial charge in [0, 0.05) is 5.41 Å². The van der Waals surface area contributed by atoms with E-state index in [2.05, 4.69) is 0 Å². The third kappa shape index (κ3) is 8.27. The smallest absolute Gasteiger partial charge is 0.316 e. The van der Waals surface area contributed by atoms with Gasteiger partial charge in [0.1, 0.15) is 17.3 Å². The Hall–Kier alpha value is -3.53. The largest absolute Gasteiger partial charge is 0.469 e. The summed E-state index contributed by atoms with van der Waals surface area (Å²) in [4.78, 5) is 49.6. The van der Waals surface area contributed by atoms with E-state index in [1.807, 2.05) is 0 Å². The number of ketones is 1. The Balaban J connectivity index is 2.13. The van der Waals surface area contributed by atoms with Gasteiger partial charge in [-0.05, 0) is 110 Å². The summed E-state index contributed by atoms with van der Waals surface area (Å²) in [6, 6.07) is 10.9. The summed E-state index contributed by atoms with van der Waals surface area (Å²) in [5.74, 6) is -1.26. The van der Waals surface area contributed by atoms with Crippen LogP contribution in [-0.2, 0) is 33.8 Å². The van der Waals surface area contributed by atoms with Gasteiger partial charge in [0.2, 0.25) is 9.84 Å². The molecule has 0 aliphatic carbocycles. The van der Waals surface area contributed by atoms with Crippen LogP contribution in [0.25, 0.3) is 0 Å². The molecule has 0 aliphatic heterocycles. The van der Waals surface area contributed by atoms with Crippen molar-refractivity contribution in [2.75, 3.05) is 7.11 Å². The SMILES string of the molecule is COC(=O)C(C)(C)CC(C)(C)C(=O)Oc1ccc(S(=O)(=O)c2ccc(OC(=O)C(C)(C)CC(C)(C)C(C)=O)cc2)cc1. The molecule has 0 saturated carbocycles. The molecule has 0 heterocycles. The molecule has 0 unspecified atom stereocenters. The lowest BCUT2D eigenvalue weighted by Gasteiger charge is -2.31. The summed E-state index contributed by atoms with van der Waals surface area (Å²) in [5, 5.41) is 0. The first-order valence-electron chi connectivity index (χ1n) is 13.5. The van der Waals surface area contributed by atoms with Crippen LogP contribution >= 0.6 is 0 Å². The zero-order valence-corrected chi connectivity index (χ0v) is 26.9. The van der Waals surface area contributed by atoms with Crippen LogP contribution in [0.2, 0.25) is 0 Å². The molecular formula is C32H42O9S. The van der Waals surface area contributed by atoms with E-state index in [0.29, 0.717) is 0 Å². The lowest BCUT2D eigenvalue weighted by molar-refractivity contribution is -0.156. The van der Waals surface area contributed by atoms with Crippen molar-refractivity contribution in [2.24, 2.45) is 21.7 Å². The maximum Gasteiger partial charge on any atom is 0.316 e. The van der Waals surface area contributed by atoms with Crippen LogP contribution < -0.4 is 9.47 Å². The quantitative estimate of drug-likeness (QED) is 0.213. The van der Waals surface area contributed by atoms with Crippen molar-refractivity contribution < 1.29 is 41.8 Å². The second-order valence-corrected chi connectivity index (χ2v) is 15.1. The number of hydrogen-bond acceptors (Lipinski definition) is 9. The molecule has 2 aromatic carbocycles. The molecule has 0 amide bonds. The Bertz CT molecular complexity index is 1430. The van der Waals surface area contributed by atoms with Crippen LogP contribution in [-0.4, -0.2) is 39.2 Å². The van der Waals surface area contributed by atoms with E-state index in [4.69, 9.17) is 14.2 Å². The van der Waals surface area contributed by atoms with Crippen molar-refractivity contribution >= 4 is 33.5 Å². The summed E-state index contributed by atoms with van der Waals surface area (Å²) in [6.45, 7) is 15.1. The van der Waals surface area contributed by atoms with E-state index in [-0.39, 0.29) is 39.9 Å². The van der Waals surface area contributed by atoms with Crippen LogP contribution in [0.4, 0.5) is 0 Å². The topological polar surface area (TPSA) is 130 Å². The van der Waals surface area contributed by atoms with Crippen molar-refractivity contribution in [3.63, 3.8) is 0 Å². The average Bonchev–Trinajstić information content (AvgIpc) is 2.87. The minimum Gasteiger partial charge on any atom is -0.469 e. The maximum atomic E-state index is 13.2. The first-order chi connectivity index (χ1) is 19.0. The molecule has 0 saturated heterocycles. The minimum absolute atomic E-state index is 0.0183. The normalized spacial score (nSPS) is 12.8. The number of carbonyl (C=O) groups excluding carboxylic acids is 4. The van der Waals surface area contributed by atoms with E-state index >= 15 is 0 Å². The fraction of sp³-hybridized carbons (Fsp3) is 0.500. The second-order valence-electron chi connectivity index (χ2n) is 13.2. The highest BCUT2D eigenvalue weighted by atomic mass is 32.2. The van der Waals surface area contributed by atoms with Gasteiger partial charge in [-0.1, -0.05) is 13.8 Å². The monoisotopic (exact) mass is 602 g/mol. The van der Waals surface area contributed by atoms with Gasteiger partial charge in [-0.3, -0.25) is 19.2 Å². The van der Waals surface area contributed by atoms with Crippen molar-refractivity contribution in [2.45, 2.75) is 84.9 Å². The zero-order valence-electron chi connectivity index (χ0n) is 26.1. The number of benzene rings is 2. The van der Waals surface area contributed by atoms with Gasteiger partial charge in [0.15, 0.2) is 0 Å². The maximum absolute atomic E-state index is 13.2. The molecule has 0 aliphatic rings. The highest BCUT2D eigenvalue weighted by Gasteiger charge is 2.41. The molecule has 0 fully saturated rings. The van der Waals surface area contributed by atoms with Gasteiger partial charge in [-0.25, -0.2) is 8.42 Å². The third-order valence-corrected chi connectivity index (χ3v) is 9.04. The molecule has 2 aromatic rings. The van der Waals surface area contributed by atoms with E-state index in [1.54, 1.807) is 55.4 Å². The Morgan fingerprint density at radius 1 is 0.571 bits per heavy atom. The van der Waals surface area contributed by atoms with Crippen molar-refractivity contribution in [3.05, 3.63) is 48.5 Å². The lowest BCUT2D eigenvalue weighted by atomic mass is 9.73. The summed E-state index contributed by atoms with van der Waals surface area (Å²) in [6.07, 6.45) is 0.464. The van der Waals surface area contributed by atoms with Crippen LogP contribution in [0, 0.1) is 21.7 Å². The average molecular weight is 603 g/mol. The summed E-state index contributed by atoms with van der Waals surface area (Å²) in [7, 11) is -2.64. The summed E-state index contributed by atoms with van der Waals surface area (Å²) >= 11 is 0. The first kappa shape index (κ1) is 34.7. The fourth-order valence-corrected chi connectivity index (χ4v) is 6.09. The third-order valence-electron chi connectivity index (χ3n) is 7.25. The zero-order chi connectivity index (χ0) is 32.3. The standard InChI is InChI=1S/C32H42O9S/c1-21(33)29(2,3)19-31(6,7)27(35)40-22-11-15-24(16-12-22)42(37,38)25-17-13-23(14-18-25)41-28(36)32(8,9)20-30(4,5)26(34)39-10/h11-18H,19-20H2,1-10H3. The van der Waals surface area contributed by atoms with E-state index < -0.39 is 49.4 Å². The Morgan fingerprint density at radius 3 is 1.19 bits per heavy atom. The highest BCUT2D eigenvalue weighted by molar-refractivity contribution is 7.91. The molecule has 230 valence electrons. The Labute approximate surface area is 248 Å². The van der Waals surface area contributed by atoms with Gasteiger partial charge < -0.3 is 14.2 Å². The van der Waals surface area contributed by atoms with E-state index in [1.165, 1.54) is 62.6 Å². The lowest BCUT2D eigenvalue weighted by Crippen LogP contribution is -2.37. The number of hydrogen-bond donors (Lipinski definition) is 0. The van der Waals surface area contributed by atoms with E-state index in [9.17, 15) is 27.6 Å². The number of Topliss-reactive ketones (excluding diaryl/α,β-unsaturated/α-hetero) is 1. The van der Waals surface area contributed by atoms with Crippen LogP contribution in [0.5, 0.6) is 11.5 Å². The Kier molecular flexibility index (Phi) is 10.2. The van der Waals surface area contributed by atoms with Gasteiger partial charge in [-0.15, -0.1) is 0 Å². The fourth-order valence-electron chi connectivity index (χ4n) is 4.83. The molecule has 0 bridgehead atoms. The summed E-state index contributed by atoms with van der Waals surface area (Å²) < 4.78 is 42.2. The Morgan fingerprint density at radius 2 is 0.881 bits per heavy atom. The number of sulfone groups is 1. The number of rotatable bonds is 12. The van der Waals surface area contributed by atoms with E-state index in [0.717, 1.165) is 0 Å². The number of ether oxygens (including phenoxy) is 3. The van der Waals surface area contributed by atoms with Gasteiger partial charge in [0.25, 0.3) is 0 Å². The molecule has 0 atom stereocenters.